The van der Waals surface area contributed by atoms with Gasteiger partial charge >= 0.3 is 5.97 Å². The van der Waals surface area contributed by atoms with Crippen molar-refractivity contribution >= 4 is 32.7 Å². The van der Waals surface area contributed by atoms with Crippen LogP contribution in [0.25, 0.3) is 0 Å². The minimum Gasteiger partial charge on any atom is -0.481 e. The standard InChI is InChI=1S/C16H15BrO4S.C6H6/c1-22(20)10-12-9-13(17)5-6-15(12)21-14-4-2-3-11(7-14)8-16(18)19;1-2-4-6-5-3-1/h2-7,9H,8,10H2,1H3,(H,18,19);1-6H. The van der Waals surface area contributed by atoms with Crippen molar-refractivity contribution in [2.45, 2.75) is 12.2 Å². The van der Waals surface area contributed by atoms with Crippen molar-refractivity contribution in [1.82, 2.24) is 0 Å². The van der Waals surface area contributed by atoms with Crippen molar-refractivity contribution in [3.05, 3.63) is 94.5 Å². The lowest BCUT2D eigenvalue weighted by molar-refractivity contribution is -0.136. The number of halogens is 1. The van der Waals surface area contributed by atoms with E-state index in [1.165, 1.54) is 0 Å². The highest BCUT2D eigenvalue weighted by atomic mass is 79.9. The molecule has 28 heavy (non-hydrogen) atoms. The molecule has 0 amide bonds. The number of rotatable bonds is 6. The van der Waals surface area contributed by atoms with Gasteiger partial charge in [0.2, 0.25) is 0 Å². The molecule has 0 aliphatic carbocycles. The molecule has 0 radical (unpaired) electrons. The Hall–Kier alpha value is -2.44. The molecule has 0 bridgehead atoms. The van der Waals surface area contributed by atoms with Gasteiger partial charge < -0.3 is 9.84 Å². The van der Waals surface area contributed by atoms with Gasteiger partial charge in [0.1, 0.15) is 11.5 Å². The van der Waals surface area contributed by atoms with E-state index in [4.69, 9.17) is 9.84 Å². The van der Waals surface area contributed by atoms with Gasteiger partial charge in [0, 0.05) is 27.1 Å². The van der Waals surface area contributed by atoms with Crippen LogP contribution in [0, 0.1) is 0 Å². The number of carboxylic acids is 1. The van der Waals surface area contributed by atoms with E-state index in [1.807, 2.05) is 48.5 Å². The van der Waals surface area contributed by atoms with Gasteiger partial charge in [-0.05, 0) is 35.9 Å². The van der Waals surface area contributed by atoms with Crippen LogP contribution < -0.4 is 4.74 Å². The molecule has 0 aliphatic rings. The highest BCUT2D eigenvalue weighted by molar-refractivity contribution is 9.10. The first kappa shape index (κ1) is 21.9. The summed E-state index contributed by atoms with van der Waals surface area (Å²) in [7, 11) is -0.984. The first-order chi connectivity index (χ1) is 13.4. The molecule has 0 heterocycles. The van der Waals surface area contributed by atoms with Gasteiger partial charge in [0.15, 0.2) is 0 Å². The third-order valence-corrected chi connectivity index (χ3v) is 4.74. The Kier molecular flexibility index (Phi) is 8.91. The van der Waals surface area contributed by atoms with Gasteiger partial charge in [0.25, 0.3) is 0 Å². The summed E-state index contributed by atoms with van der Waals surface area (Å²) in [5.41, 5.74) is 1.50. The predicted molar refractivity (Wildman–Crippen MR) is 116 cm³/mol. The normalized spacial score (nSPS) is 11.1. The van der Waals surface area contributed by atoms with Gasteiger partial charge in [-0.15, -0.1) is 0 Å². The van der Waals surface area contributed by atoms with Crippen LogP contribution in [0.1, 0.15) is 11.1 Å². The highest BCUT2D eigenvalue weighted by Gasteiger charge is 2.09. The van der Waals surface area contributed by atoms with E-state index < -0.39 is 16.8 Å². The second-order valence-corrected chi connectivity index (χ2v) is 8.29. The molecule has 1 unspecified atom stereocenters. The maximum Gasteiger partial charge on any atom is 0.307 e. The lowest BCUT2D eigenvalue weighted by Gasteiger charge is -2.12. The van der Waals surface area contributed by atoms with Gasteiger partial charge in [-0.3, -0.25) is 9.00 Å². The SMILES string of the molecule is CS(=O)Cc1cc(Br)ccc1Oc1cccc(CC(=O)O)c1.c1ccccc1. The molecule has 3 rings (SSSR count). The smallest absolute Gasteiger partial charge is 0.307 e. The molecule has 1 atom stereocenters. The Labute approximate surface area is 175 Å². The van der Waals surface area contributed by atoms with E-state index in [-0.39, 0.29) is 6.42 Å². The number of carbonyl (C=O) groups is 1. The molecule has 1 N–H and O–H groups in total. The van der Waals surface area contributed by atoms with E-state index in [0.29, 0.717) is 22.8 Å². The van der Waals surface area contributed by atoms with Crippen molar-refractivity contribution in [3.8, 4) is 11.5 Å². The number of benzene rings is 3. The molecule has 0 spiro atoms. The van der Waals surface area contributed by atoms with Crippen LogP contribution >= 0.6 is 15.9 Å². The van der Waals surface area contributed by atoms with Crippen LogP contribution in [0.3, 0.4) is 0 Å². The van der Waals surface area contributed by atoms with Crippen LogP contribution in [0.2, 0.25) is 0 Å². The van der Waals surface area contributed by atoms with Crippen molar-refractivity contribution < 1.29 is 18.8 Å². The van der Waals surface area contributed by atoms with Crippen LogP contribution in [0.4, 0.5) is 0 Å². The second kappa shape index (κ2) is 11.4. The second-order valence-electron chi connectivity index (χ2n) is 5.94. The summed E-state index contributed by atoms with van der Waals surface area (Å²) in [4.78, 5) is 10.8. The predicted octanol–water partition coefficient (Wildman–Crippen LogP) is 5.43. The maximum atomic E-state index is 11.5. The summed E-state index contributed by atoms with van der Waals surface area (Å²) in [6.45, 7) is 0. The van der Waals surface area contributed by atoms with E-state index in [2.05, 4.69) is 15.9 Å². The van der Waals surface area contributed by atoms with Crippen molar-refractivity contribution in [2.75, 3.05) is 6.26 Å². The largest absolute Gasteiger partial charge is 0.481 e. The number of ether oxygens (including phenoxy) is 1. The van der Waals surface area contributed by atoms with E-state index in [1.54, 1.807) is 36.6 Å². The Morgan fingerprint density at radius 3 is 2.21 bits per heavy atom. The molecule has 0 fully saturated rings. The van der Waals surface area contributed by atoms with E-state index in [0.717, 1.165) is 10.0 Å². The minimum atomic E-state index is -0.984. The van der Waals surface area contributed by atoms with Crippen LogP contribution in [0.15, 0.2) is 83.3 Å². The maximum absolute atomic E-state index is 11.5. The molecule has 3 aromatic rings. The summed E-state index contributed by atoms with van der Waals surface area (Å²) in [5, 5.41) is 8.84. The molecule has 0 saturated carbocycles. The zero-order valence-electron chi connectivity index (χ0n) is 15.4. The summed E-state index contributed by atoms with van der Waals surface area (Å²) in [6.07, 6.45) is 1.58. The number of hydrogen-bond donors (Lipinski definition) is 1. The lowest BCUT2D eigenvalue weighted by atomic mass is 10.1. The summed E-state index contributed by atoms with van der Waals surface area (Å²) < 4.78 is 18.2. The van der Waals surface area contributed by atoms with E-state index >= 15 is 0 Å². The quantitative estimate of drug-likeness (QED) is 0.532. The highest BCUT2D eigenvalue weighted by Crippen LogP contribution is 2.29. The zero-order valence-corrected chi connectivity index (χ0v) is 17.8. The number of hydrogen-bond acceptors (Lipinski definition) is 3. The van der Waals surface area contributed by atoms with Gasteiger partial charge in [-0.25, -0.2) is 0 Å². The lowest BCUT2D eigenvalue weighted by Crippen LogP contribution is -2.00. The Morgan fingerprint density at radius 2 is 1.64 bits per heavy atom. The molecular weight excluding hydrogens is 440 g/mol. The van der Waals surface area contributed by atoms with Gasteiger partial charge in [0.05, 0.1) is 12.2 Å². The molecule has 146 valence electrons. The van der Waals surface area contributed by atoms with Crippen LogP contribution in [-0.2, 0) is 27.8 Å². The number of aliphatic carboxylic acids is 1. The fraction of sp³-hybridized carbons (Fsp3) is 0.136. The Bertz CT molecular complexity index is 902. The van der Waals surface area contributed by atoms with Crippen LogP contribution in [-0.4, -0.2) is 21.5 Å². The molecular formula is C22H21BrO4S. The average Bonchev–Trinajstić information content (AvgIpc) is 2.65. The van der Waals surface area contributed by atoms with Crippen molar-refractivity contribution in [1.29, 1.82) is 0 Å². The first-order valence-electron chi connectivity index (χ1n) is 8.51. The fourth-order valence-corrected chi connectivity index (χ4v) is 3.46. The van der Waals surface area contributed by atoms with Gasteiger partial charge in [-0.2, -0.15) is 0 Å². The topological polar surface area (TPSA) is 63.6 Å². The zero-order chi connectivity index (χ0) is 20.4. The van der Waals surface area contributed by atoms with E-state index in [9.17, 15) is 9.00 Å². The monoisotopic (exact) mass is 460 g/mol. The minimum absolute atomic E-state index is 0.0522. The summed E-state index contributed by atoms with van der Waals surface area (Å²) in [5.74, 6) is 0.682. The Morgan fingerprint density at radius 1 is 1.00 bits per heavy atom. The Balaban J connectivity index is 0.000000397. The molecule has 0 saturated heterocycles. The first-order valence-corrected chi connectivity index (χ1v) is 11.0. The van der Waals surface area contributed by atoms with Crippen molar-refractivity contribution in [2.24, 2.45) is 0 Å². The van der Waals surface area contributed by atoms with Gasteiger partial charge in [-0.1, -0.05) is 64.5 Å². The number of carboxylic acid groups (broad SMARTS) is 1. The third-order valence-electron chi connectivity index (χ3n) is 3.53. The molecule has 3 aromatic carbocycles. The molecule has 4 nitrogen and oxygen atoms in total. The summed E-state index contributed by atoms with van der Waals surface area (Å²) >= 11 is 3.39. The molecule has 6 heteroatoms. The van der Waals surface area contributed by atoms with Crippen LogP contribution in [0.5, 0.6) is 11.5 Å². The fourth-order valence-electron chi connectivity index (χ4n) is 2.38. The third kappa shape index (κ3) is 8.06. The summed E-state index contributed by atoms with van der Waals surface area (Å²) in [6, 6.07) is 24.5. The molecule has 0 aromatic heterocycles. The molecule has 0 aliphatic heterocycles. The average molecular weight is 461 g/mol. The van der Waals surface area contributed by atoms with Crippen molar-refractivity contribution in [3.63, 3.8) is 0 Å².